The molecule has 35 heavy (non-hydrogen) atoms. The lowest BCUT2D eigenvalue weighted by Crippen LogP contribution is -2.67. The first kappa shape index (κ1) is 27.3. The SMILES string of the molecule is CNC(=O)c1cn(C2[C@@H](O)C(CO)O[C@@H](O[C@@H]3C(CO)O[C@@H](OC)C(NC(C)=O)[C@H]3O)[C@H]2O)nn1. The van der Waals surface area contributed by atoms with Crippen molar-refractivity contribution in [2.24, 2.45) is 0 Å². The van der Waals surface area contributed by atoms with Gasteiger partial charge < -0.3 is 55.1 Å². The van der Waals surface area contributed by atoms with Crippen molar-refractivity contribution in [1.29, 1.82) is 0 Å². The van der Waals surface area contributed by atoms with Crippen LogP contribution < -0.4 is 10.6 Å². The van der Waals surface area contributed by atoms with Crippen molar-refractivity contribution < 1.29 is 54.1 Å². The number of nitrogens with one attached hydrogen (secondary N) is 2. The Bertz CT molecular complexity index is 872. The Morgan fingerprint density at radius 1 is 1.09 bits per heavy atom. The van der Waals surface area contributed by atoms with E-state index in [-0.39, 0.29) is 5.69 Å². The lowest BCUT2D eigenvalue weighted by atomic mass is 9.94. The maximum absolute atomic E-state index is 11.8. The molecule has 0 spiro atoms. The van der Waals surface area contributed by atoms with Crippen LogP contribution in [0, 0.1) is 0 Å². The zero-order valence-corrected chi connectivity index (χ0v) is 19.3. The first-order chi connectivity index (χ1) is 16.7. The van der Waals surface area contributed by atoms with E-state index in [2.05, 4.69) is 20.9 Å². The summed E-state index contributed by atoms with van der Waals surface area (Å²) in [4.78, 5) is 23.5. The van der Waals surface area contributed by atoms with Gasteiger partial charge in [-0.05, 0) is 0 Å². The van der Waals surface area contributed by atoms with E-state index < -0.39 is 86.3 Å². The highest BCUT2D eigenvalue weighted by Crippen LogP contribution is 2.33. The van der Waals surface area contributed by atoms with Gasteiger partial charge in [-0.1, -0.05) is 5.21 Å². The van der Waals surface area contributed by atoms with Crippen LogP contribution in [0.25, 0.3) is 0 Å². The van der Waals surface area contributed by atoms with Gasteiger partial charge in [0.05, 0.1) is 19.4 Å². The Labute approximate surface area is 199 Å². The molecule has 198 valence electrons. The molecular weight excluding hydrogens is 474 g/mol. The third kappa shape index (κ3) is 5.60. The van der Waals surface area contributed by atoms with E-state index in [4.69, 9.17) is 18.9 Å². The molecule has 10 atom stereocenters. The predicted molar refractivity (Wildman–Crippen MR) is 111 cm³/mol. The van der Waals surface area contributed by atoms with Crippen LogP contribution in [0.5, 0.6) is 0 Å². The number of ether oxygens (including phenoxy) is 4. The zero-order chi connectivity index (χ0) is 25.9. The van der Waals surface area contributed by atoms with Crippen LogP contribution in [0.15, 0.2) is 6.20 Å². The van der Waals surface area contributed by atoms with Gasteiger partial charge in [0.2, 0.25) is 5.91 Å². The molecule has 1 aromatic rings. The van der Waals surface area contributed by atoms with Gasteiger partial charge in [0.1, 0.15) is 48.7 Å². The van der Waals surface area contributed by atoms with Crippen LogP contribution in [0.2, 0.25) is 0 Å². The molecule has 0 bridgehead atoms. The number of nitrogens with zero attached hydrogens (tertiary/aromatic N) is 3. The summed E-state index contributed by atoms with van der Waals surface area (Å²) < 4.78 is 23.1. The van der Waals surface area contributed by atoms with Gasteiger partial charge in [-0.2, -0.15) is 0 Å². The second-order valence-electron chi connectivity index (χ2n) is 8.14. The molecule has 3 rings (SSSR count). The topological polar surface area (TPSA) is 227 Å². The summed E-state index contributed by atoms with van der Waals surface area (Å²) in [6.07, 6.45) is -9.84. The molecule has 7 N–H and O–H groups in total. The number of hydrogen-bond donors (Lipinski definition) is 7. The third-order valence-corrected chi connectivity index (χ3v) is 5.87. The molecule has 0 aliphatic carbocycles. The Kier molecular flexibility index (Phi) is 9.08. The normalized spacial score (nSPS) is 37.6. The van der Waals surface area contributed by atoms with E-state index in [1.165, 1.54) is 27.3 Å². The summed E-state index contributed by atoms with van der Waals surface area (Å²) in [5.74, 6) is -1.04. The van der Waals surface area contributed by atoms with Gasteiger partial charge in [0, 0.05) is 21.1 Å². The van der Waals surface area contributed by atoms with Gasteiger partial charge in [0.25, 0.3) is 5.91 Å². The third-order valence-electron chi connectivity index (χ3n) is 5.87. The molecule has 2 fully saturated rings. The van der Waals surface area contributed by atoms with Crippen LogP contribution in [0.4, 0.5) is 0 Å². The van der Waals surface area contributed by atoms with Gasteiger partial charge in [-0.15, -0.1) is 5.10 Å². The standard InChI is InChI=1S/C19H31N5O11/c1-7(27)21-11-14(29)16(10(6-26)34-18(11)32-3)35-19-15(30)12(13(28)9(5-25)33-19)24-4-8(22-23-24)17(31)20-2/h4,9-16,18-19,25-26,28-30H,5-6H2,1-3H3,(H,20,31)(H,21,27)/t9?,10?,11?,12?,13-,14+,15-,16+,18+,19-/m0/s1. The van der Waals surface area contributed by atoms with E-state index in [1.54, 1.807) is 0 Å². The highest BCUT2D eigenvalue weighted by molar-refractivity contribution is 5.91. The molecule has 0 radical (unpaired) electrons. The van der Waals surface area contributed by atoms with Crippen LogP contribution in [0.1, 0.15) is 23.5 Å². The maximum Gasteiger partial charge on any atom is 0.273 e. The molecule has 2 aliphatic rings. The van der Waals surface area contributed by atoms with Crippen LogP contribution in [0.3, 0.4) is 0 Å². The minimum Gasteiger partial charge on any atom is -0.394 e. The molecule has 0 aromatic carbocycles. The van der Waals surface area contributed by atoms with Crippen LogP contribution in [-0.2, 0) is 23.7 Å². The number of carbonyl (C=O) groups is 2. The summed E-state index contributed by atoms with van der Waals surface area (Å²) in [7, 11) is 2.68. The molecule has 1 aromatic heterocycles. The molecule has 0 saturated carbocycles. The Morgan fingerprint density at radius 2 is 1.74 bits per heavy atom. The maximum atomic E-state index is 11.8. The highest BCUT2D eigenvalue weighted by Gasteiger charge is 2.52. The van der Waals surface area contributed by atoms with Gasteiger partial charge in [-0.25, -0.2) is 4.68 Å². The summed E-state index contributed by atoms with van der Waals surface area (Å²) in [5.41, 5.74) is -0.0865. The number of aromatic nitrogens is 3. The summed E-state index contributed by atoms with van der Waals surface area (Å²) in [5, 5.41) is 64.5. The molecule has 4 unspecified atom stereocenters. The Balaban J connectivity index is 1.87. The number of aliphatic hydroxyl groups excluding tert-OH is 5. The minimum absolute atomic E-state index is 0.0865. The monoisotopic (exact) mass is 505 g/mol. The van der Waals surface area contributed by atoms with E-state index in [1.807, 2.05) is 0 Å². The zero-order valence-electron chi connectivity index (χ0n) is 19.3. The van der Waals surface area contributed by atoms with Crippen LogP contribution >= 0.6 is 0 Å². The fraction of sp³-hybridized carbons (Fsp3) is 0.789. The number of methoxy groups -OCH3 is 1. The van der Waals surface area contributed by atoms with Crippen molar-refractivity contribution in [3.8, 4) is 0 Å². The number of aliphatic hydroxyl groups is 5. The molecule has 2 amide bonds. The predicted octanol–water partition coefficient (Wildman–Crippen LogP) is -4.77. The molecule has 16 nitrogen and oxygen atoms in total. The van der Waals surface area contributed by atoms with Crippen molar-refractivity contribution in [3.05, 3.63) is 11.9 Å². The van der Waals surface area contributed by atoms with Crippen molar-refractivity contribution in [1.82, 2.24) is 25.6 Å². The fourth-order valence-electron chi connectivity index (χ4n) is 4.13. The molecule has 2 saturated heterocycles. The van der Waals surface area contributed by atoms with Crippen LogP contribution in [-0.4, -0.2) is 135 Å². The average molecular weight is 505 g/mol. The van der Waals surface area contributed by atoms with E-state index in [0.717, 1.165) is 4.68 Å². The van der Waals surface area contributed by atoms with Crippen molar-refractivity contribution in [3.63, 3.8) is 0 Å². The van der Waals surface area contributed by atoms with Gasteiger partial charge in [0.15, 0.2) is 18.3 Å². The first-order valence-corrected chi connectivity index (χ1v) is 10.8. The first-order valence-electron chi connectivity index (χ1n) is 10.8. The quantitative estimate of drug-likeness (QED) is 0.176. The smallest absolute Gasteiger partial charge is 0.273 e. The van der Waals surface area contributed by atoms with Gasteiger partial charge in [-0.3, -0.25) is 9.59 Å². The lowest BCUT2D eigenvalue weighted by molar-refractivity contribution is -0.340. The number of carbonyl (C=O) groups excluding carboxylic acids is 2. The Morgan fingerprint density at radius 3 is 2.31 bits per heavy atom. The number of amides is 2. The van der Waals surface area contributed by atoms with Gasteiger partial charge >= 0.3 is 0 Å². The van der Waals surface area contributed by atoms with E-state index >= 15 is 0 Å². The lowest BCUT2D eigenvalue weighted by Gasteiger charge is -2.47. The second kappa shape index (κ2) is 11.6. The average Bonchev–Trinajstić information content (AvgIpc) is 3.32. The molecule has 2 aliphatic heterocycles. The summed E-state index contributed by atoms with van der Waals surface area (Å²) in [6, 6.07) is -2.37. The highest BCUT2D eigenvalue weighted by atomic mass is 16.7. The molecular formula is C19H31N5O11. The number of hydrogen-bond acceptors (Lipinski definition) is 13. The summed E-state index contributed by atoms with van der Waals surface area (Å²) >= 11 is 0. The fourth-order valence-corrected chi connectivity index (χ4v) is 4.13. The van der Waals surface area contributed by atoms with Crippen molar-refractivity contribution in [2.45, 2.75) is 68.2 Å². The van der Waals surface area contributed by atoms with E-state index in [9.17, 15) is 35.1 Å². The minimum atomic E-state index is -1.64. The number of rotatable bonds is 8. The van der Waals surface area contributed by atoms with Crippen molar-refractivity contribution in [2.75, 3.05) is 27.4 Å². The second-order valence-corrected chi connectivity index (χ2v) is 8.14. The van der Waals surface area contributed by atoms with E-state index in [0.29, 0.717) is 0 Å². The molecule has 3 heterocycles. The summed E-state index contributed by atoms with van der Waals surface area (Å²) in [6.45, 7) is -0.0651. The molecule has 16 heteroatoms. The van der Waals surface area contributed by atoms with Crippen molar-refractivity contribution >= 4 is 11.8 Å². The largest absolute Gasteiger partial charge is 0.394 e. The Hall–Kier alpha value is -2.28.